The predicted molar refractivity (Wildman–Crippen MR) is 136 cm³/mol. The number of aryl methyl sites for hydroxylation is 1. The summed E-state index contributed by atoms with van der Waals surface area (Å²) in [7, 11) is 0. The number of aromatic nitrogens is 3. The van der Waals surface area contributed by atoms with Crippen molar-refractivity contribution in [2.24, 2.45) is 5.92 Å². The first-order valence-corrected chi connectivity index (χ1v) is 12.8. The zero-order chi connectivity index (χ0) is 23.5. The van der Waals surface area contributed by atoms with Crippen molar-refractivity contribution in [1.82, 2.24) is 24.8 Å². The van der Waals surface area contributed by atoms with Gasteiger partial charge in [-0.3, -0.25) is 4.79 Å². The summed E-state index contributed by atoms with van der Waals surface area (Å²) in [5.74, 6) is 1.33. The average Bonchev–Trinajstić information content (AvgIpc) is 3.52. The first kappa shape index (κ1) is 23.1. The first-order chi connectivity index (χ1) is 16.6. The van der Waals surface area contributed by atoms with Gasteiger partial charge in [-0.15, -0.1) is 0 Å². The molecule has 2 saturated heterocycles. The summed E-state index contributed by atoms with van der Waals surface area (Å²) in [6.07, 6.45) is 5.37. The second-order valence-electron chi connectivity index (χ2n) is 9.52. The summed E-state index contributed by atoms with van der Waals surface area (Å²) in [6, 6.07) is 11.8. The quantitative estimate of drug-likeness (QED) is 0.514. The lowest BCUT2D eigenvalue weighted by Gasteiger charge is -2.33. The fourth-order valence-corrected chi connectivity index (χ4v) is 5.23. The molecule has 0 aliphatic carbocycles. The van der Waals surface area contributed by atoms with Crippen LogP contribution in [0.15, 0.2) is 36.4 Å². The third kappa shape index (κ3) is 5.20. The van der Waals surface area contributed by atoms with Gasteiger partial charge in [0.25, 0.3) is 0 Å². The van der Waals surface area contributed by atoms with Crippen molar-refractivity contribution >= 4 is 29.0 Å². The monoisotopic (exact) mass is 480 g/mol. The molecule has 3 aromatic rings. The van der Waals surface area contributed by atoms with Crippen LogP contribution < -0.4 is 10.2 Å². The molecule has 1 amide bonds. The molecule has 34 heavy (non-hydrogen) atoms. The van der Waals surface area contributed by atoms with Crippen LogP contribution in [-0.4, -0.2) is 64.7 Å². The van der Waals surface area contributed by atoms with Gasteiger partial charge in [0.05, 0.1) is 5.69 Å². The van der Waals surface area contributed by atoms with Gasteiger partial charge >= 0.3 is 0 Å². The van der Waals surface area contributed by atoms with Crippen LogP contribution in [0.2, 0.25) is 5.02 Å². The number of carbonyl (C=O) groups excluding carboxylic acids is 1. The summed E-state index contributed by atoms with van der Waals surface area (Å²) in [5.41, 5.74) is 3.68. The molecule has 1 aromatic carbocycles. The maximum atomic E-state index is 12.7. The molecule has 0 radical (unpaired) electrons. The number of likely N-dealkylation sites (tertiary alicyclic amines) is 1. The van der Waals surface area contributed by atoms with Gasteiger partial charge in [0.1, 0.15) is 5.82 Å². The number of fused-ring (bicyclic) bond motifs is 1. The highest BCUT2D eigenvalue weighted by molar-refractivity contribution is 6.30. The second-order valence-corrected chi connectivity index (χ2v) is 9.95. The van der Waals surface area contributed by atoms with Crippen molar-refractivity contribution in [2.45, 2.75) is 39.0 Å². The fourth-order valence-electron chi connectivity index (χ4n) is 5.10. The minimum Gasteiger partial charge on any atom is -0.356 e. The van der Waals surface area contributed by atoms with Crippen molar-refractivity contribution < 1.29 is 4.79 Å². The lowest BCUT2D eigenvalue weighted by atomic mass is 9.96. The van der Waals surface area contributed by atoms with E-state index < -0.39 is 0 Å². The van der Waals surface area contributed by atoms with Crippen LogP contribution >= 0.6 is 11.6 Å². The van der Waals surface area contributed by atoms with E-state index in [2.05, 4.69) is 26.2 Å². The van der Waals surface area contributed by atoms with E-state index in [0.717, 1.165) is 73.9 Å². The Balaban J connectivity index is 1.21. The molecule has 2 fully saturated rings. The summed E-state index contributed by atoms with van der Waals surface area (Å²) in [6.45, 7) is 7.98. The summed E-state index contributed by atoms with van der Waals surface area (Å²) >= 11 is 6.05. The van der Waals surface area contributed by atoms with Crippen molar-refractivity contribution in [1.29, 1.82) is 0 Å². The van der Waals surface area contributed by atoms with Gasteiger partial charge < -0.3 is 15.1 Å². The number of hydrogen-bond donors (Lipinski definition) is 1. The molecule has 7 nitrogen and oxygen atoms in total. The maximum Gasteiger partial charge on any atom is 0.223 e. The smallest absolute Gasteiger partial charge is 0.223 e. The van der Waals surface area contributed by atoms with Gasteiger partial charge in [-0.05, 0) is 70.8 Å². The summed E-state index contributed by atoms with van der Waals surface area (Å²) < 4.78 is 1.93. The number of halogens is 1. The molecule has 0 bridgehead atoms. The van der Waals surface area contributed by atoms with Gasteiger partial charge in [0, 0.05) is 54.0 Å². The Kier molecular flexibility index (Phi) is 7.02. The molecule has 1 N–H and O–H groups in total. The minimum absolute atomic E-state index is 0.0868. The highest BCUT2D eigenvalue weighted by Gasteiger charge is 2.26. The molecular weight excluding hydrogens is 448 g/mol. The van der Waals surface area contributed by atoms with E-state index in [1.54, 1.807) is 0 Å². The molecule has 2 aliphatic rings. The molecule has 2 aromatic heterocycles. The zero-order valence-electron chi connectivity index (χ0n) is 19.8. The number of hydrogen-bond acceptors (Lipinski definition) is 5. The lowest BCUT2D eigenvalue weighted by Crippen LogP contribution is -2.41. The molecule has 180 valence electrons. The highest BCUT2D eigenvalue weighted by Crippen LogP contribution is 2.27. The first-order valence-electron chi connectivity index (χ1n) is 12.5. The number of anilines is 1. The van der Waals surface area contributed by atoms with E-state index in [1.165, 1.54) is 25.9 Å². The van der Waals surface area contributed by atoms with Crippen molar-refractivity contribution in [2.75, 3.05) is 44.2 Å². The molecular formula is C26H33ClN6O. The SMILES string of the molecule is Cc1cc(N2CCC(C(=O)NCCCN3CCCC3)CC2)n2nc(-c3ccc(Cl)cc3)cc2n1. The fraction of sp³-hybridized carbons (Fsp3) is 0.500. The number of amides is 1. The predicted octanol–water partition coefficient (Wildman–Crippen LogP) is 4.18. The molecule has 0 unspecified atom stereocenters. The van der Waals surface area contributed by atoms with E-state index in [9.17, 15) is 4.79 Å². The third-order valence-electron chi connectivity index (χ3n) is 7.02. The number of piperidine rings is 1. The Labute approximate surface area is 206 Å². The van der Waals surface area contributed by atoms with E-state index in [-0.39, 0.29) is 11.8 Å². The van der Waals surface area contributed by atoms with Crippen molar-refractivity contribution in [3.63, 3.8) is 0 Å². The van der Waals surface area contributed by atoms with Crippen molar-refractivity contribution in [3.8, 4) is 11.3 Å². The molecule has 4 heterocycles. The van der Waals surface area contributed by atoms with E-state index in [1.807, 2.05) is 41.8 Å². The van der Waals surface area contributed by atoms with Crippen LogP contribution in [0.4, 0.5) is 5.82 Å². The molecule has 2 aliphatic heterocycles. The number of nitrogens with zero attached hydrogens (tertiary/aromatic N) is 5. The molecule has 5 rings (SSSR count). The summed E-state index contributed by atoms with van der Waals surface area (Å²) in [5, 5.41) is 8.73. The van der Waals surface area contributed by atoms with Gasteiger partial charge in [0.15, 0.2) is 5.65 Å². The van der Waals surface area contributed by atoms with Crippen LogP contribution in [0.3, 0.4) is 0 Å². The van der Waals surface area contributed by atoms with E-state index in [0.29, 0.717) is 5.02 Å². The minimum atomic E-state index is 0.0868. The number of nitrogens with one attached hydrogen (secondary N) is 1. The Morgan fingerprint density at radius 1 is 1.09 bits per heavy atom. The Morgan fingerprint density at radius 3 is 2.56 bits per heavy atom. The van der Waals surface area contributed by atoms with Gasteiger partial charge in [-0.1, -0.05) is 23.7 Å². The molecule has 8 heteroatoms. The van der Waals surface area contributed by atoms with E-state index >= 15 is 0 Å². The van der Waals surface area contributed by atoms with Gasteiger partial charge in [-0.25, -0.2) is 4.98 Å². The molecule has 0 atom stereocenters. The number of benzene rings is 1. The van der Waals surface area contributed by atoms with E-state index in [4.69, 9.17) is 16.7 Å². The standard InChI is InChI=1S/C26H33ClN6O/c1-19-17-25(33-24(29-19)18-23(30-33)20-5-7-22(27)8-6-20)32-15-9-21(10-16-32)26(34)28-11-4-14-31-12-2-3-13-31/h5-8,17-18,21H,2-4,9-16H2,1H3,(H,28,34). The largest absolute Gasteiger partial charge is 0.356 e. The maximum absolute atomic E-state index is 12.7. The van der Waals surface area contributed by atoms with Gasteiger partial charge in [-0.2, -0.15) is 9.61 Å². The van der Waals surface area contributed by atoms with Crippen LogP contribution in [0.25, 0.3) is 16.9 Å². The lowest BCUT2D eigenvalue weighted by molar-refractivity contribution is -0.125. The molecule has 0 spiro atoms. The average molecular weight is 481 g/mol. The Morgan fingerprint density at radius 2 is 1.82 bits per heavy atom. The molecule has 0 saturated carbocycles. The van der Waals surface area contributed by atoms with Crippen LogP contribution in [0.1, 0.15) is 37.8 Å². The Hall–Kier alpha value is -2.64. The van der Waals surface area contributed by atoms with Crippen LogP contribution in [0, 0.1) is 12.8 Å². The number of carbonyl (C=O) groups is 1. The highest BCUT2D eigenvalue weighted by atomic mass is 35.5. The van der Waals surface area contributed by atoms with Crippen LogP contribution in [0.5, 0.6) is 0 Å². The third-order valence-corrected chi connectivity index (χ3v) is 7.27. The zero-order valence-corrected chi connectivity index (χ0v) is 20.6. The van der Waals surface area contributed by atoms with Gasteiger partial charge in [0.2, 0.25) is 5.91 Å². The normalized spacial score (nSPS) is 17.5. The van der Waals surface area contributed by atoms with Crippen molar-refractivity contribution in [3.05, 3.63) is 47.1 Å². The second kappa shape index (κ2) is 10.3. The Bertz CT molecular complexity index is 1130. The summed E-state index contributed by atoms with van der Waals surface area (Å²) in [4.78, 5) is 22.2. The van der Waals surface area contributed by atoms with Crippen LogP contribution in [-0.2, 0) is 4.79 Å². The topological polar surface area (TPSA) is 65.8 Å². The number of rotatable bonds is 7.